The molecule has 0 radical (unpaired) electrons. The van der Waals surface area contributed by atoms with Gasteiger partial charge in [0.1, 0.15) is 12.0 Å². The zero-order chi connectivity index (χ0) is 14.0. The molecule has 0 unspecified atom stereocenters. The van der Waals surface area contributed by atoms with Gasteiger partial charge in [0.2, 0.25) is 5.78 Å². The molecule has 98 valence electrons. The standard InChI is InChI=1S/C13H9F3N2O/c1-8-6-9(13(14,15)16)2-3-10(8)12(19)11-4-5-17-7-18-11/h2-7H,1H3. The first-order valence-corrected chi connectivity index (χ1v) is 5.38. The molecule has 6 heteroatoms. The molecule has 0 N–H and O–H groups in total. The lowest BCUT2D eigenvalue weighted by atomic mass is 10.00. The van der Waals surface area contributed by atoms with Gasteiger partial charge in [0.15, 0.2) is 0 Å². The first kappa shape index (κ1) is 13.2. The fourth-order valence-corrected chi connectivity index (χ4v) is 1.66. The van der Waals surface area contributed by atoms with E-state index < -0.39 is 17.5 Å². The Morgan fingerprint density at radius 3 is 2.47 bits per heavy atom. The summed E-state index contributed by atoms with van der Waals surface area (Å²) in [6.07, 6.45) is -1.80. The topological polar surface area (TPSA) is 42.9 Å². The lowest BCUT2D eigenvalue weighted by molar-refractivity contribution is -0.137. The summed E-state index contributed by atoms with van der Waals surface area (Å²) >= 11 is 0. The van der Waals surface area contributed by atoms with Crippen LogP contribution in [-0.2, 0) is 6.18 Å². The van der Waals surface area contributed by atoms with Crippen molar-refractivity contribution in [2.24, 2.45) is 0 Å². The lowest BCUT2D eigenvalue weighted by Crippen LogP contribution is -2.09. The minimum Gasteiger partial charge on any atom is -0.287 e. The first-order valence-electron chi connectivity index (χ1n) is 5.38. The van der Waals surface area contributed by atoms with Gasteiger partial charge in [-0.15, -0.1) is 0 Å². The summed E-state index contributed by atoms with van der Waals surface area (Å²) in [5.74, 6) is -0.423. The van der Waals surface area contributed by atoms with Crippen molar-refractivity contribution in [3.63, 3.8) is 0 Å². The third kappa shape index (κ3) is 2.78. The number of carbonyl (C=O) groups excluding carboxylic acids is 1. The molecule has 0 atom stereocenters. The molecular weight excluding hydrogens is 257 g/mol. The third-order valence-corrected chi connectivity index (χ3v) is 2.61. The fourth-order valence-electron chi connectivity index (χ4n) is 1.66. The lowest BCUT2D eigenvalue weighted by Gasteiger charge is -2.10. The van der Waals surface area contributed by atoms with E-state index in [0.717, 1.165) is 12.1 Å². The highest BCUT2D eigenvalue weighted by molar-refractivity contribution is 6.08. The number of halogens is 3. The minimum atomic E-state index is -4.42. The van der Waals surface area contributed by atoms with Crippen LogP contribution in [0.4, 0.5) is 13.2 Å². The Morgan fingerprint density at radius 2 is 1.95 bits per heavy atom. The van der Waals surface area contributed by atoms with Crippen molar-refractivity contribution >= 4 is 5.78 Å². The second-order valence-corrected chi connectivity index (χ2v) is 3.95. The summed E-state index contributed by atoms with van der Waals surface area (Å²) < 4.78 is 37.6. The Hall–Kier alpha value is -2.24. The van der Waals surface area contributed by atoms with Crippen molar-refractivity contribution in [2.75, 3.05) is 0 Å². The summed E-state index contributed by atoms with van der Waals surface area (Å²) in [4.78, 5) is 19.5. The molecule has 1 aromatic heterocycles. The van der Waals surface area contributed by atoms with Crippen LogP contribution in [0.1, 0.15) is 27.2 Å². The molecule has 0 aliphatic carbocycles. The van der Waals surface area contributed by atoms with E-state index >= 15 is 0 Å². The number of hydrogen-bond donors (Lipinski definition) is 0. The van der Waals surface area contributed by atoms with Gasteiger partial charge in [0.25, 0.3) is 0 Å². The summed E-state index contributed by atoms with van der Waals surface area (Å²) in [6.45, 7) is 1.46. The average Bonchev–Trinajstić information content (AvgIpc) is 2.38. The van der Waals surface area contributed by atoms with Gasteiger partial charge < -0.3 is 0 Å². The third-order valence-electron chi connectivity index (χ3n) is 2.61. The summed E-state index contributed by atoms with van der Waals surface area (Å²) in [7, 11) is 0. The molecule has 0 saturated carbocycles. The number of alkyl halides is 3. The van der Waals surface area contributed by atoms with Crippen LogP contribution in [0.3, 0.4) is 0 Å². The smallest absolute Gasteiger partial charge is 0.287 e. The van der Waals surface area contributed by atoms with Crippen molar-refractivity contribution in [2.45, 2.75) is 13.1 Å². The maximum absolute atomic E-state index is 12.5. The molecule has 0 spiro atoms. The monoisotopic (exact) mass is 266 g/mol. The maximum atomic E-state index is 12.5. The molecule has 1 heterocycles. The Labute approximate surface area is 107 Å². The van der Waals surface area contributed by atoms with Crippen LogP contribution < -0.4 is 0 Å². The molecular formula is C13H9F3N2O. The zero-order valence-electron chi connectivity index (χ0n) is 9.90. The highest BCUT2D eigenvalue weighted by Gasteiger charge is 2.31. The van der Waals surface area contributed by atoms with E-state index in [1.165, 1.54) is 31.6 Å². The van der Waals surface area contributed by atoms with E-state index in [0.29, 0.717) is 0 Å². The average molecular weight is 266 g/mol. The van der Waals surface area contributed by atoms with Crippen molar-refractivity contribution in [1.29, 1.82) is 0 Å². The van der Waals surface area contributed by atoms with Crippen LogP contribution in [0.25, 0.3) is 0 Å². The van der Waals surface area contributed by atoms with Gasteiger partial charge in [-0.2, -0.15) is 13.2 Å². The number of aryl methyl sites for hydroxylation is 1. The van der Waals surface area contributed by atoms with Crippen LogP contribution in [-0.4, -0.2) is 15.8 Å². The van der Waals surface area contributed by atoms with E-state index in [-0.39, 0.29) is 16.8 Å². The Balaban J connectivity index is 2.40. The molecule has 0 fully saturated rings. The Bertz CT molecular complexity index is 609. The van der Waals surface area contributed by atoms with Crippen molar-refractivity contribution < 1.29 is 18.0 Å². The SMILES string of the molecule is Cc1cc(C(F)(F)F)ccc1C(=O)c1ccncn1. The van der Waals surface area contributed by atoms with Gasteiger partial charge in [-0.25, -0.2) is 9.97 Å². The maximum Gasteiger partial charge on any atom is 0.416 e. The highest BCUT2D eigenvalue weighted by atomic mass is 19.4. The number of carbonyl (C=O) groups is 1. The van der Waals surface area contributed by atoms with Crippen molar-refractivity contribution in [1.82, 2.24) is 9.97 Å². The molecule has 2 rings (SSSR count). The van der Waals surface area contributed by atoms with Crippen LogP contribution >= 0.6 is 0 Å². The van der Waals surface area contributed by atoms with Crippen LogP contribution in [0.5, 0.6) is 0 Å². The van der Waals surface area contributed by atoms with Crippen LogP contribution in [0.2, 0.25) is 0 Å². The van der Waals surface area contributed by atoms with Crippen LogP contribution in [0.15, 0.2) is 36.8 Å². The predicted molar refractivity (Wildman–Crippen MR) is 61.6 cm³/mol. The molecule has 3 nitrogen and oxygen atoms in total. The fraction of sp³-hybridized carbons (Fsp3) is 0.154. The molecule has 0 saturated heterocycles. The molecule has 0 bridgehead atoms. The van der Waals surface area contributed by atoms with Crippen LogP contribution in [0, 0.1) is 6.92 Å². The molecule has 2 aromatic rings. The number of aromatic nitrogens is 2. The van der Waals surface area contributed by atoms with Gasteiger partial charge in [0, 0.05) is 11.8 Å². The second-order valence-electron chi connectivity index (χ2n) is 3.95. The first-order chi connectivity index (χ1) is 8.89. The summed E-state index contributed by atoms with van der Waals surface area (Å²) in [6, 6.07) is 4.43. The van der Waals surface area contributed by atoms with Gasteiger partial charge >= 0.3 is 6.18 Å². The quantitative estimate of drug-likeness (QED) is 0.785. The second kappa shape index (κ2) is 4.79. The molecule has 0 aliphatic rings. The van der Waals surface area contributed by atoms with Gasteiger partial charge in [-0.3, -0.25) is 4.79 Å². The normalized spacial score (nSPS) is 11.4. The predicted octanol–water partition coefficient (Wildman–Crippen LogP) is 3.03. The number of rotatable bonds is 2. The van der Waals surface area contributed by atoms with Gasteiger partial charge in [0.05, 0.1) is 5.56 Å². The molecule has 0 aliphatic heterocycles. The number of ketones is 1. The van der Waals surface area contributed by atoms with Crippen molar-refractivity contribution in [3.05, 3.63) is 59.2 Å². The molecule has 1 aromatic carbocycles. The highest BCUT2D eigenvalue weighted by Crippen LogP contribution is 2.30. The van der Waals surface area contributed by atoms with E-state index in [1.54, 1.807) is 0 Å². The Morgan fingerprint density at radius 1 is 1.21 bits per heavy atom. The largest absolute Gasteiger partial charge is 0.416 e. The van der Waals surface area contributed by atoms with Gasteiger partial charge in [-0.1, -0.05) is 6.07 Å². The van der Waals surface area contributed by atoms with Crippen molar-refractivity contribution in [3.8, 4) is 0 Å². The number of nitrogens with zero attached hydrogens (tertiary/aromatic N) is 2. The summed E-state index contributed by atoms with van der Waals surface area (Å²) in [5, 5.41) is 0. The molecule has 0 amide bonds. The van der Waals surface area contributed by atoms with E-state index in [2.05, 4.69) is 9.97 Å². The summed E-state index contributed by atoms with van der Waals surface area (Å²) in [5.41, 5.74) is -0.160. The minimum absolute atomic E-state index is 0.151. The van der Waals surface area contributed by atoms with E-state index in [4.69, 9.17) is 0 Å². The van der Waals surface area contributed by atoms with Gasteiger partial charge in [-0.05, 0) is 30.7 Å². The van der Waals surface area contributed by atoms with E-state index in [9.17, 15) is 18.0 Å². The number of benzene rings is 1. The zero-order valence-corrected chi connectivity index (χ0v) is 9.90. The number of hydrogen-bond acceptors (Lipinski definition) is 3. The Kier molecular flexibility index (Phi) is 3.33. The molecule has 19 heavy (non-hydrogen) atoms. The van der Waals surface area contributed by atoms with E-state index in [1.807, 2.05) is 0 Å².